The molecule has 12 nitrogen and oxygen atoms in total. The van der Waals surface area contributed by atoms with Crippen molar-refractivity contribution in [2.45, 2.75) is 151 Å². The number of aryl methyl sites for hydroxylation is 1. The van der Waals surface area contributed by atoms with E-state index in [-0.39, 0.29) is 12.2 Å². The first kappa shape index (κ1) is 65.4. The Hall–Kier alpha value is -1.26. The van der Waals surface area contributed by atoms with Crippen molar-refractivity contribution < 1.29 is 33.2 Å². The van der Waals surface area contributed by atoms with Gasteiger partial charge in [-0.05, 0) is 131 Å². The molecule has 362 valence electrons. The van der Waals surface area contributed by atoms with E-state index in [9.17, 15) is 0 Å². The normalized spacial score (nSPS) is 13.7. The summed E-state index contributed by atoms with van der Waals surface area (Å²) in [5.41, 5.74) is 2.54. The van der Waals surface area contributed by atoms with Crippen LogP contribution < -0.4 is 0 Å². The summed E-state index contributed by atoms with van der Waals surface area (Å²) < 4.78 is 36.2. The van der Waals surface area contributed by atoms with Gasteiger partial charge in [-0.3, -0.25) is 9.80 Å². The fraction of sp³-hybridized carbons (Fsp3) is 0.875. The molecule has 0 aliphatic rings. The summed E-state index contributed by atoms with van der Waals surface area (Å²) in [6.45, 7) is 33.9. The van der Waals surface area contributed by atoms with Crippen LogP contribution in [-0.4, -0.2) is 210 Å². The van der Waals surface area contributed by atoms with Gasteiger partial charge in [0.05, 0.1) is 50.8 Å². The largest absolute Gasteiger partial charge is 0.383 e. The molecule has 1 rings (SSSR count). The molecule has 4 atom stereocenters. The molecule has 60 heavy (non-hydrogen) atoms. The van der Waals surface area contributed by atoms with Crippen LogP contribution in [0.25, 0.3) is 0 Å². The van der Waals surface area contributed by atoms with E-state index >= 15 is 0 Å². The van der Waals surface area contributed by atoms with Crippen LogP contribution in [0, 0.1) is 6.92 Å². The van der Waals surface area contributed by atoms with E-state index in [4.69, 9.17) is 33.2 Å². The van der Waals surface area contributed by atoms with Gasteiger partial charge in [0.2, 0.25) is 0 Å². The number of nitrogens with zero attached hydrogens (tertiary/aromatic N) is 5. The predicted molar refractivity (Wildman–Crippen MR) is 258 cm³/mol. The number of likely N-dealkylation sites (N-methyl/N-ethyl adjacent to an activating group) is 5. The number of hydrogen-bond acceptors (Lipinski definition) is 12. The van der Waals surface area contributed by atoms with Crippen molar-refractivity contribution in [3.63, 3.8) is 0 Å². The third-order valence-corrected chi connectivity index (χ3v) is 11.0. The number of benzene rings is 1. The van der Waals surface area contributed by atoms with Crippen molar-refractivity contribution in [2.75, 3.05) is 131 Å². The van der Waals surface area contributed by atoms with E-state index < -0.39 is 0 Å². The van der Waals surface area contributed by atoms with Crippen LogP contribution in [0.1, 0.15) is 100 Å². The molecule has 1 aromatic rings. The van der Waals surface area contributed by atoms with E-state index in [1.165, 1.54) is 11.1 Å². The van der Waals surface area contributed by atoms with Gasteiger partial charge in [-0.1, -0.05) is 29.8 Å². The zero-order valence-electron chi connectivity index (χ0n) is 44.1. The van der Waals surface area contributed by atoms with Gasteiger partial charge in [-0.15, -0.1) is 0 Å². The lowest BCUT2D eigenvalue weighted by Gasteiger charge is -2.30. The van der Waals surface area contributed by atoms with Crippen LogP contribution in [0.3, 0.4) is 0 Å². The number of methoxy groups -OCH3 is 7. The van der Waals surface area contributed by atoms with Gasteiger partial charge >= 0.3 is 0 Å². The molecule has 0 radical (unpaired) electrons. The minimum atomic E-state index is 0.160. The van der Waals surface area contributed by atoms with Crippen LogP contribution in [0.15, 0.2) is 24.3 Å². The van der Waals surface area contributed by atoms with Crippen molar-refractivity contribution >= 4 is 0 Å². The van der Waals surface area contributed by atoms with Crippen LogP contribution in [0.2, 0.25) is 0 Å². The molecule has 0 amide bonds. The molecule has 4 unspecified atom stereocenters. The van der Waals surface area contributed by atoms with Gasteiger partial charge in [-0.25, -0.2) is 0 Å². The molecule has 0 spiro atoms. The molecule has 0 heterocycles. The maximum absolute atomic E-state index is 5.56. The molecule has 1 aromatic carbocycles. The molecule has 0 saturated carbocycles. The van der Waals surface area contributed by atoms with Crippen LogP contribution in [0.4, 0.5) is 0 Å². The lowest BCUT2D eigenvalue weighted by Crippen LogP contribution is -2.42. The highest BCUT2D eigenvalue weighted by Gasteiger charge is 2.17. The third kappa shape index (κ3) is 35.2. The summed E-state index contributed by atoms with van der Waals surface area (Å²) in [5.74, 6) is 0. The number of rotatable bonds is 25. The molecule has 0 N–H and O–H groups in total. The van der Waals surface area contributed by atoms with Gasteiger partial charge < -0.3 is 47.9 Å². The van der Waals surface area contributed by atoms with E-state index in [1.807, 2.05) is 0 Å². The first-order valence-electron chi connectivity index (χ1n) is 22.1. The molecule has 0 fully saturated rings. The first-order valence-corrected chi connectivity index (χ1v) is 22.1. The molecular formula is C48H103N5O7. The van der Waals surface area contributed by atoms with Crippen LogP contribution >= 0.6 is 0 Å². The summed E-state index contributed by atoms with van der Waals surface area (Å²) in [7, 11) is 22.7. The Labute approximate surface area is 373 Å². The van der Waals surface area contributed by atoms with E-state index in [1.54, 1.807) is 49.8 Å². The minimum absolute atomic E-state index is 0.160. The Morgan fingerprint density at radius 3 is 1.17 bits per heavy atom. The number of ether oxygens (including phenoxy) is 7. The number of hydrogen-bond donors (Lipinski definition) is 0. The minimum Gasteiger partial charge on any atom is -0.383 e. The highest BCUT2D eigenvalue weighted by atomic mass is 16.5. The van der Waals surface area contributed by atoms with Crippen molar-refractivity contribution in [1.82, 2.24) is 24.5 Å². The second-order valence-electron chi connectivity index (χ2n) is 17.5. The highest BCUT2D eigenvalue weighted by Crippen LogP contribution is 2.19. The first-order chi connectivity index (χ1) is 27.9. The average molecular weight is 862 g/mol. The summed E-state index contributed by atoms with van der Waals surface area (Å²) >= 11 is 0. The van der Waals surface area contributed by atoms with Crippen molar-refractivity contribution in [3.8, 4) is 0 Å². The van der Waals surface area contributed by atoms with Gasteiger partial charge in [0.25, 0.3) is 0 Å². The molecule has 0 aliphatic heterocycles. The van der Waals surface area contributed by atoms with Gasteiger partial charge in [0.15, 0.2) is 0 Å². The summed E-state index contributed by atoms with van der Waals surface area (Å²) in [6, 6.07) is 12.3. The van der Waals surface area contributed by atoms with E-state index in [0.717, 1.165) is 39.5 Å². The molecule has 0 aromatic heterocycles. The van der Waals surface area contributed by atoms with E-state index in [2.05, 4.69) is 174 Å². The van der Waals surface area contributed by atoms with Crippen molar-refractivity contribution in [3.05, 3.63) is 35.4 Å². The molecule has 0 aliphatic carbocycles. The topological polar surface area (TPSA) is 80.8 Å². The van der Waals surface area contributed by atoms with Gasteiger partial charge in [0.1, 0.15) is 0 Å². The lowest BCUT2D eigenvalue weighted by atomic mass is 10.1. The average Bonchev–Trinajstić information content (AvgIpc) is 3.19. The quantitative estimate of drug-likeness (QED) is 0.0967. The lowest BCUT2D eigenvalue weighted by molar-refractivity contribution is 0.00585. The molecule has 12 heteroatoms. The maximum Gasteiger partial charge on any atom is 0.0947 e. The van der Waals surface area contributed by atoms with Crippen LogP contribution in [0.5, 0.6) is 0 Å². The van der Waals surface area contributed by atoms with Gasteiger partial charge in [-0.2, -0.15) is 0 Å². The molecule has 0 saturated heterocycles. The molecular weight excluding hydrogens is 759 g/mol. The Kier molecular flexibility index (Phi) is 44.1. The predicted octanol–water partition coefficient (Wildman–Crippen LogP) is 7.72. The van der Waals surface area contributed by atoms with Gasteiger partial charge in [0, 0.05) is 106 Å². The zero-order chi connectivity index (χ0) is 47.5. The Balaban J connectivity index is -0.000000331. The van der Waals surface area contributed by atoms with Crippen molar-refractivity contribution in [2.24, 2.45) is 0 Å². The zero-order valence-corrected chi connectivity index (χ0v) is 44.1. The maximum atomic E-state index is 5.56. The summed E-state index contributed by atoms with van der Waals surface area (Å²) in [4.78, 5) is 11.4. The van der Waals surface area contributed by atoms with E-state index in [0.29, 0.717) is 55.0 Å². The second-order valence-corrected chi connectivity index (χ2v) is 17.5. The Morgan fingerprint density at radius 2 is 0.833 bits per heavy atom. The third-order valence-electron chi connectivity index (χ3n) is 11.0. The second kappa shape index (κ2) is 40.5. The fourth-order valence-corrected chi connectivity index (χ4v) is 5.13. The summed E-state index contributed by atoms with van der Waals surface area (Å²) in [6.07, 6.45) is 0.683. The smallest absolute Gasteiger partial charge is 0.0947 e. The fourth-order valence-electron chi connectivity index (χ4n) is 5.13. The summed E-state index contributed by atoms with van der Waals surface area (Å²) in [5, 5.41) is 0. The Morgan fingerprint density at radius 1 is 0.433 bits per heavy atom. The SMILES string of the molecule is COC(C)CN(C)C(C)C.COC(CN(C)C(C)C)c1ccc(C)cc1.COCC(C)N(C)C(C)C.COCC(CN(C)C(C)C)OC.COCC(COC)N(C)C(C)C. The van der Waals surface area contributed by atoms with Crippen LogP contribution in [-0.2, 0) is 33.2 Å². The monoisotopic (exact) mass is 862 g/mol. The highest BCUT2D eigenvalue weighted by molar-refractivity contribution is 5.23. The van der Waals surface area contributed by atoms with Crippen molar-refractivity contribution in [1.29, 1.82) is 0 Å². The standard InChI is InChI=1S/C14H23NO.2C9H21NO2.2C8H19NO/c1-11(2)15(4)10-14(16-5)13-8-6-12(3)7-9-13;1-8(2)10(3)9(6-11-4)7-12-5;1-8(2)10(3)6-9(12-5)7-11-4;1-7(2)9(4)8(3)6-10-5;1-7(2)9(4)6-8(3)10-5/h6-9,11,14H,10H2,1-5H3;2*8-9H,6-7H2,1-5H3;2*7-8H,6H2,1-5H3. The Bertz CT molecular complexity index is 1030. The molecule has 0 bridgehead atoms.